The topological polar surface area (TPSA) is 52.6 Å². The van der Waals surface area contributed by atoms with Crippen LogP contribution in [0.1, 0.15) is 13.8 Å². The molecule has 92 valence electrons. The lowest BCUT2D eigenvalue weighted by Crippen LogP contribution is -2.09. The smallest absolute Gasteiger partial charge is 0.308 e. The molecular weight excluding hydrogens is 565 g/mol. The molecule has 0 atom stereocenters. The van der Waals surface area contributed by atoms with Crippen molar-refractivity contribution >= 4 is 79.7 Å². The van der Waals surface area contributed by atoms with Crippen molar-refractivity contribution < 1.29 is 19.1 Å². The van der Waals surface area contributed by atoms with E-state index in [1.807, 2.05) is 22.6 Å². The van der Waals surface area contributed by atoms with E-state index in [2.05, 4.69) is 45.2 Å². The Bertz CT molecular complexity index is 445. The van der Waals surface area contributed by atoms with E-state index in [9.17, 15) is 9.59 Å². The van der Waals surface area contributed by atoms with E-state index in [1.54, 1.807) is 6.07 Å². The van der Waals surface area contributed by atoms with E-state index >= 15 is 0 Å². The molecule has 7 heteroatoms. The molecule has 0 amide bonds. The largest absolute Gasteiger partial charge is 0.424 e. The quantitative estimate of drug-likeness (QED) is 0.311. The normalized spacial score (nSPS) is 9.94. The van der Waals surface area contributed by atoms with Crippen LogP contribution in [0, 0.1) is 10.7 Å². The molecule has 1 aromatic rings. The van der Waals surface area contributed by atoms with Crippen LogP contribution >= 0.6 is 67.8 Å². The standard InChI is InChI=1S/C10H7I3O4/c1-4(14)16-9-6(11)3-7(12)10(8(9)13)17-5(2)15/h3H,1-2H3. The molecule has 0 bridgehead atoms. The first-order valence-electron chi connectivity index (χ1n) is 4.37. The second-order valence-corrected chi connectivity index (χ2v) is 6.40. The molecule has 17 heavy (non-hydrogen) atoms. The lowest BCUT2D eigenvalue weighted by molar-refractivity contribution is -0.132. The maximum Gasteiger partial charge on any atom is 0.308 e. The lowest BCUT2D eigenvalue weighted by atomic mass is 10.3. The third-order valence-electron chi connectivity index (χ3n) is 1.58. The molecule has 0 heterocycles. The van der Waals surface area contributed by atoms with E-state index in [0.717, 1.165) is 7.14 Å². The summed E-state index contributed by atoms with van der Waals surface area (Å²) in [6.07, 6.45) is 0. The number of ether oxygens (including phenoxy) is 2. The molecule has 0 N–H and O–H groups in total. The van der Waals surface area contributed by atoms with Crippen molar-refractivity contribution in [3.63, 3.8) is 0 Å². The zero-order valence-electron chi connectivity index (χ0n) is 8.84. The summed E-state index contributed by atoms with van der Waals surface area (Å²) in [6.45, 7) is 2.66. The van der Waals surface area contributed by atoms with Gasteiger partial charge in [0, 0.05) is 13.8 Å². The minimum Gasteiger partial charge on any atom is -0.424 e. The van der Waals surface area contributed by atoms with Gasteiger partial charge in [0.1, 0.15) is 3.57 Å². The number of benzene rings is 1. The molecule has 0 fully saturated rings. The van der Waals surface area contributed by atoms with Gasteiger partial charge in [0.2, 0.25) is 0 Å². The third kappa shape index (κ3) is 4.19. The molecule has 0 saturated heterocycles. The number of carbonyl (C=O) groups is 2. The highest BCUT2D eigenvalue weighted by atomic mass is 127. The molecule has 0 aromatic heterocycles. The van der Waals surface area contributed by atoms with Gasteiger partial charge in [0.25, 0.3) is 0 Å². The van der Waals surface area contributed by atoms with Crippen LogP contribution < -0.4 is 9.47 Å². The van der Waals surface area contributed by atoms with E-state index in [1.165, 1.54) is 13.8 Å². The first-order chi connectivity index (χ1) is 7.82. The minimum absolute atomic E-state index is 0.407. The Hall–Kier alpha value is 0.350. The van der Waals surface area contributed by atoms with Crippen molar-refractivity contribution in [2.75, 3.05) is 0 Å². The SMILES string of the molecule is CC(=O)Oc1c(I)cc(I)c(OC(C)=O)c1I. The van der Waals surface area contributed by atoms with E-state index in [0.29, 0.717) is 15.1 Å². The zero-order chi connectivity index (χ0) is 13.2. The highest BCUT2D eigenvalue weighted by Gasteiger charge is 2.19. The first kappa shape index (κ1) is 15.4. The molecular formula is C10H7I3O4. The van der Waals surface area contributed by atoms with Gasteiger partial charge < -0.3 is 9.47 Å². The van der Waals surface area contributed by atoms with Gasteiger partial charge in [-0.15, -0.1) is 0 Å². The predicted molar refractivity (Wildman–Crippen MR) is 87.2 cm³/mol. The Morgan fingerprint density at radius 3 is 1.59 bits per heavy atom. The van der Waals surface area contributed by atoms with Crippen LogP contribution in [-0.2, 0) is 9.59 Å². The summed E-state index contributed by atoms with van der Waals surface area (Å²) in [5.41, 5.74) is 0. The van der Waals surface area contributed by atoms with Crippen LogP contribution in [0.2, 0.25) is 0 Å². The average Bonchev–Trinajstić information content (AvgIpc) is 2.18. The number of hydrogen-bond donors (Lipinski definition) is 0. The van der Waals surface area contributed by atoms with Crippen LogP contribution in [-0.4, -0.2) is 11.9 Å². The number of rotatable bonds is 2. The Morgan fingerprint density at radius 2 is 1.29 bits per heavy atom. The highest BCUT2D eigenvalue weighted by molar-refractivity contribution is 14.1. The van der Waals surface area contributed by atoms with Gasteiger partial charge in [-0.05, 0) is 73.8 Å². The van der Waals surface area contributed by atoms with Crippen molar-refractivity contribution in [3.05, 3.63) is 16.8 Å². The summed E-state index contributed by atoms with van der Waals surface area (Å²) in [6, 6.07) is 1.79. The summed E-state index contributed by atoms with van der Waals surface area (Å²) in [5.74, 6) is 0.0392. The Kier molecular flexibility index (Phi) is 5.89. The maximum absolute atomic E-state index is 11.0. The van der Waals surface area contributed by atoms with Crippen LogP contribution in [0.25, 0.3) is 0 Å². The van der Waals surface area contributed by atoms with E-state index in [4.69, 9.17) is 9.47 Å². The molecule has 0 saturated carbocycles. The zero-order valence-corrected chi connectivity index (χ0v) is 15.3. The molecule has 0 unspecified atom stereocenters. The fraction of sp³-hybridized carbons (Fsp3) is 0.200. The average molecular weight is 572 g/mol. The van der Waals surface area contributed by atoms with Crippen molar-refractivity contribution in [2.45, 2.75) is 13.8 Å². The molecule has 0 radical (unpaired) electrons. The van der Waals surface area contributed by atoms with Gasteiger partial charge in [-0.1, -0.05) is 0 Å². The van der Waals surface area contributed by atoms with Crippen LogP contribution in [0.5, 0.6) is 11.5 Å². The Labute approximate surface area is 139 Å². The first-order valence-corrected chi connectivity index (χ1v) is 7.61. The van der Waals surface area contributed by atoms with Crippen molar-refractivity contribution in [1.29, 1.82) is 0 Å². The molecule has 4 nitrogen and oxygen atoms in total. The van der Waals surface area contributed by atoms with Crippen LogP contribution in [0.3, 0.4) is 0 Å². The molecule has 0 aliphatic carbocycles. The molecule has 0 spiro atoms. The number of hydrogen-bond acceptors (Lipinski definition) is 4. The second-order valence-electron chi connectivity index (χ2n) is 3.00. The summed E-state index contributed by atoms with van der Waals surface area (Å²) in [5, 5.41) is 0. The third-order valence-corrected chi connectivity index (χ3v) is 4.16. The summed E-state index contributed by atoms with van der Waals surface area (Å²) < 4.78 is 12.4. The van der Waals surface area contributed by atoms with Crippen molar-refractivity contribution in [3.8, 4) is 11.5 Å². The van der Waals surface area contributed by atoms with Crippen LogP contribution in [0.15, 0.2) is 6.07 Å². The predicted octanol–water partition coefficient (Wildman–Crippen LogP) is 3.35. The fourth-order valence-corrected chi connectivity index (χ4v) is 4.84. The van der Waals surface area contributed by atoms with E-state index in [-0.39, 0.29) is 0 Å². The Balaban J connectivity index is 3.31. The number of carbonyl (C=O) groups excluding carboxylic acids is 2. The molecule has 0 aliphatic heterocycles. The molecule has 0 aliphatic rings. The summed E-state index contributed by atoms with van der Waals surface area (Å²) >= 11 is 6.13. The van der Waals surface area contributed by atoms with Gasteiger partial charge in [0.15, 0.2) is 11.5 Å². The number of esters is 2. The van der Waals surface area contributed by atoms with Gasteiger partial charge in [-0.25, -0.2) is 0 Å². The van der Waals surface area contributed by atoms with Gasteiger partial charge in [0.05, 0.1) is 7.14 Å². The van der Waals surface area contributed by atoms with Crippen LogP contribution in [0.4, 0.5) is 0 Å². The molecule has 1 aromatic carbocycles. The number of halogens is 3. The van der Waals surface area contributed by atoms with Crippen molar-refractivity contribution in [2.24, 2.45) is 0 Å². The lowest BCUT2D eigenvalue weighted by Gasteiger charge is -2.12. The van der Waals surface area contributed by atoms with E-state index < -0.39 is 11.9 Å². The minimum atomic E-state index is -0.407. The van der Waals surface area contributed by atoms with Crippen molar-refractivity contribution in [1.82, 2.24) is 0 Å². The maximum atomic E-state index is 11.0. The second kappa shape index (κ2) is 6.50. The highest BCUT2D eigenvalue weighted by Crippen LogP contribution is 2.38. The fourth-order valence-electron chi connectivity index (χ4n) is 1.03. The van der Waals surface area contributed by atoms with Gasteiger partial charge >= 0.3 is 11.9 Å². The summed E-state index contributed by atoms with van der Waals surface area (Å²) in [4.78, 5) is 22.0. The summed E-state index contributed by atoms with van der Waals surface area (Å²) in [7, 11) is 0. The Morgan fingerprint density at radius 1 is 0.941 bits per heavy atom. The molecule has 1 rings (SSSR count). The van der Waals surface area contributed by atoms with Gasteiger partial charge in [-0.2, -0.15) is 0 Å². The monoisotopic (exact) mass is 572 g/mol. The van der Waals surface area contributed by atoms with Gasteiger partial charge in [-0.3, -0.25) is 9.59 Å².